The molecule has 0 atom stereocenters. The molecular weight excluding hydrogens is 648 g/mol. The Hall–Kier alpha value is -2.80. The van der Waals surface area contributed by atoms with Crippen LogP contribution in [0.25, 0.3) is 43.8 Å². The van der Waals surface area contributed by atoms with Crippen molar-refractivity contribution in [1.82, 2.24) is 0 Å². The van der Waals surface area contributed by atoms with E-state index < -0.39 is 8.07 Å². The monoisotopic (exact) mass is 696 g/mol. The first-order valence-electron chi connectivity index (χ1n) is 17.5. The summed E-state index contributed by atoms with van der Waals surface area (Å²) in [6.07, 6.45) is 9.22. The third kappa shape index (κ3) is 6.50. The zero-order valence-electron chi connectivity index (χ0n) is 28.9. The van der Waals surface area contributed by atoms with Crippen molar-refractivity contribution in [2.24, 2.45) is 0 Å². The van der Waals surface area contributed by atoms with Crippen molar-refractivity contribution in [2.45, 2.75) is 92.2 Å². The van der Waals surface area contributed by atoms with Crippen LogP contribution >= 0.6 is 0 Å². The van der Waals surface area contributed by atoms with E-state index in [0.717, 1.165) is 38.5 Å². The predicted molar refractivity (Wildman–Crippen MR) is 203 cm³/mol. The van der Waals surface area contributed by atoms with Crippen LogP contribution in [0.1, 0.15) is 75.6 Å². The molecule has 0 unspecified atom stereocenters. The number of hydrogen-bond acceptors (Lipinski definition) is 0. The van der Waals surface area contributed by atoms with E-state index in [1.54, 1.807) is 21.5 Å². The molecule has 2 heteroatoms. The van der Waals surface area contributed by atoms with Crippen LogP contribution in [0.2, 0.25) is 13.1 Å². The fourth-order valence-electron chi connectivity index (χ4n) is 8.03. The molecule has 46 heavy (non-hydrogen) atoms. The first-order chi connectivity index (χ1) is 21.9. The Morgan fingerprint density at radius 3 is 1.20 bits per heavy atom. The Morgan fingerprint density at radius 2 is 0.848 bits per heavy atom. The van der Waals surface area contributed by atoms with Gasteiger partial charge in [-0.3, -0.25) is 0 Å². The summed E-state index contributed by atoms with van der Waals surface area (Å²) in [5.41, 5.74) is 11.5. The Morgan fingerprint density at radius 1 is 0.478 bits per heavy atom. The molecule has 0 aliphatic heterocycles. The van der Waals surface area contributed by atoms with Crippen LogP contribution in [-0.2, 0) is 51.9 Å². The zero-order chi connectivity index (χ0) is 31.6. The van der Waals surface area contributed by atoms with Gasteiger partial charge in [0.25, 0.3) is 0 Å². The van der Waals surface area contributed by atoms with Crippen molar-refractivity contribution in [1.29, 1.82) is 0 Å². The van der Waals surface area contributed by atoms with Gasteiger partial charge in [-0.1, -0.05) is 138 Å². The van der Waals surface area contributed by atoms with Crippen LogP contribution in [0.4, 0.5) is 0 Å². The van der Waals surface area contributed by atoms with Gasteiger partial charge < -0.3 is 0 Å². The number of hydrogen-bond donors (Lipinski definition) is 0. The molecule has 0 aliphatic rings. The normalized spacial score (nSPS) is 11.8. The van der Waals surface area contributed by atoms with Gasteiger partial charge in [0, 0.05) is 8.07 Å². The second-order valence-corrected chi connectivity index (χ2v) is 17.9. The SMILES string of the molecule is CCCc1ccc(-c2cccc3[cH-]c(CCC)c([Si](C)(C)c4c(CCC)[cH-]c5cccc(-c6ccc(CCC)cc6)c45)c23)cc1.[Zr+2]. The molecule has 0 spiro atoms. The Bertz CT molecular complexity index is 1760. The molecule has 0 saturated heterocycles. The van der Waals surface area contributed by atoms with Crippen LogP contribution < -0.4 is 10.4 Å². The van der Waals surface area contributed by atoms with Gasteiger partial charge in [0.05, 0.1) is 0 Å². The minimum Gasteiger partial charge on any atom is -0.158 e. The van der Waals surface area contributed by atoms with Crippen molar-refractivity contribution < 1.29 is 26.2 Å². The Labute approximate surface area is 298 Å². The van der Waals surface area contributed by atoms with Gasteiger partial charge in [-0.05, 0) is 47.9 Å². The second-order valence-electron chi connectivity index (χ2n) is 13.6. The summed E-state index contributed by atoms with van der Waals surface area (Å²) in [6.45, 7) is 14.5. The van der Waals surface area contributed by atoms with E-state index in [1.165, 1.54) is 67.8 Å². The Balaban J connectivity index is 0.00000417. The van der Waals surface area contributed by atoms with Gasteiger partial charge in [0.2, 0.25) is 0 Å². The van der Waals surface area contributed by atoms with E-state index in [4.69, 9.17) is 0 Å². The maximum atomic E-state index is 2.65. The summed E-state index contributed by atoms with van der Waals surface area (Å²) in [4.78, 5) is 0. The van der Waals surface area contributed by atoms with Crippen LogP contribution in [0.15, 0.2) is 97.1 Å². The van der Waals surface area contributed by atoms with E-state index in [1.807, 2.05) is 0 Å². The molecule has 0 N–H and O–H groups in total. The molecular formula is C44H50SiZr. The first kappa shape index (κ1) is 34.5. The maximum Gasteiger partial charge on any atom is 2.00 e. The summed E-state index contributed by atoms with van der Waals surface area (Å²) in [5, 5.41) is 9.13. The van der Waals surface area contributed by atoms with Crippen molar-refractivity contribution in [3.8, 4) is 22.3 Å². The van der Waals surface area contributed by atoms with E-state index >= 15 is 0 Å². The summed E-state index contributed by atoms with van der Waals surface area (Å²) in [7, 11) is -2.22. The molecule has 0 fully saturated rings. The van der Waals surface area contributed by atoms with Gasteiger partial charge in [-0.15, -0.1) is 69.1 Å². The predicted octanol–water partition coefficient (Wildman–Crippen LogP) is 11.4. The maximum absolute atomic E-state index is 2.65. The van der Waals surface area contributed by atoms with Crippen molar-refractivity contribution >= 4 is 40.0 Å². The quantitative estimate of drug-likeness (QED) is 0.0882. The van der Waals surface area contributed by atoms with Crippen molar-refractivity contribution in [3.63, 3.8) is 0 Å². The van der Waals surface area contributed by atoms with E-state index in [9.17, 15) is 0 Å². The molecule has 0 aromatic heterocycles. The van der Waals surface area contributed by atoms with Gasteiger partial charge in [-0.2, -0.15) is 10.4 Å². The summed E-state index contributed by atoms with van der Waals surface area (Å²) >= 11 is 0. The molecule has 0 aliphatic carbocycles. The minimum atomic E-state index is -2.22. The molecule has 0 saturated carbocycles. The number of aryl methyl sites for hydroxylation is 4. The van der Waals surface area contributed by atoms with Crippen LogP contribution in [-0.4, -0.2) is 8.07 Å². The fraction of sp³-hybridized carbons (Fsp3) is 0.318. The topological polar surface area (TPSA) is 0 Å². The molecule has 0 radical (unpaired) electrons. The standard InChI is InChI=1S/C44H50Si.Zr/c1-7-13-31-21-25-33(26-22-31)39-19-11-17-35-29-37(15-9-3)43(41(35)39)45(5,6)44-38(16-10-4)30-36-18-12-20-40(42(36)44)34-27-23-32(14-8-2)24-28-34;/h11-12,17-30H,7-10,13-16H2,1-6H3;/q-2;+2. The van der Waals surface area contributed by atoms with Gasteiger partial charge >= 0.3 is 26.2 Å². The molecule has 0 bridgehead atoms. The van der Waals surface area contributed by atoms with E-state index in [2.05, 4.69) is 138 Å². The molecule has 0 nitrogen and oxygen atoms in total. The van der Waals surface area contributed by atoms with Crippen LogP contribution in [0.3, 0.4) is 0 Å². The summed E-state index contributed by atoms with van der Waals surface area (Å²) in [6, 6.07) is 37.9. The Kier molecular flexibility index (Phi) is 11.2. The largest absolute Gasteiger partial charge is 2.00 e. The summed E-state index contributed by atoms with van der Waals surface area (Å²) < 4.78 is 0. The van der Waals surface area contributed by atoms with Crippen LogP contribution in [0.5, 0.6) is 0 Å². The van der Waals surface area contributed by atoms with Crippen molar-refractivity contribution in [2.75, 3.05) is 0 Å². The molecule has 6 aromatic rings. The van der Waals surface area contributed by atoms with E-state index in [-0.39, 0.29) is 26.2 Å². The number of benzene rings is 4. The smallest absolute Gasteiger partial charge is 0.158 e. The molecule has 0 heterocycles. The average Bonchev–Trinajstić information content (AvgIpc) is 3.61. The number of rotatable bonds is 12. The first-order valence-corrected chi connectivity index (χ1v) is 20.5. The second kappa shape index (κ2) is 15.0. The van der Waals surface area contributed by atoms with Gasteiger partial charge in [0.15, 0.2) is 0 Å². The minimum absolute atomic E-state index is 0. The van der Waals surface area contributed by atoms with Crippen LogP contribution in [0, 0.1) is 0 Å². The van der Waals surface area contributed by atoms with E-state index in [0.29, 0.717) is 0 Å². The van der Waals surface area contributed by atoms with Gasteiger partial charge in [0.1, 0.15) is 0 Å². The van der Waals surface area contributed by atoms with Crippen molar-refractivity contribution in [3.05, 3.63) is 119 Å². The zero-order valence-corrected chi connectivity index (χ0v) is 32.4. The summed E-state index contributed by atoms with van der Waals surface area (Å²) in [5.74, 6) is 0. The molecule has 6 aromatic carbocycles. The third-order valence-electron chi connectivity index (χ3n) is 9.89. The third-order valence-corrected chi connectivity index (χ3v) is 13.5. The molecule has 234 valence electrons. The average molecular weight is 698 g/mol. The fourth-order valence-corrected chi connectivity index (χ4v) is 12.1. The van der Waals surface area contributed by atoms with Gasteiger partial charge in [-0.25, -0.2) is 0 Å². The molecule has 6 rings (SSSR count). The number of fused-ring (bicyclic) bond motifs is 2. The molecule has 0 amide bonds.